The highest BCUT2D eigenvalue weighted by Gasteiger charge is 2.42. The van der Waals surface area contributed by atoms with Crippen molar-refractivity contribution in [2.24, 2.45) is 0 Å². The summed E-state index contributed by atoms with van der Waals surface area (Å²) in [5, 5.41) is 12.6. The van der Waals surface area contributed by atoms with E-state index in [1.54, 1.807) is 0 Å². The Kier molecular flexibility index (Phi) is 3.20. The van der Waals surface area contributed by atoms with Crippen molar-refractivity contribution in [1.82, 2.24) is 5.32 Å². The van der Waals surface area contributed by atoms with Crippen molar-refractivity contribution in [3.8, 4) is 0 Å². The molecule has 1 heterocycles. The number of benzene rings is 1. The molecule has 0 spiro atoms. The van der Waals surface area contributed by atoms with Gasteiger partial charge in [0.15, 0.2) is 0 Å². The van der Waals surface area contributed by atoms with Crippen LogP contribution >= 0.6 is 0 Å². The predicted octanol–water partition coefficient (Wildman–Crippen LogP) is 2.47. The van der Waals surface area contributed by atoms with Crippen molar-refractivity contribution in [3.05, 3.63) is 35.4 Å². The summed E-state index contributed by atoms with van der Waals surface area (Å²) in [6, 6.07) is 7.96. The van der Waals surface area contributed by atoms with E-state index < -0.39 is 11.5 Å². The summed E-state index contributed by atoms with van der Waals surface area (Å²) in [5.74, 6) is -0.298. The van der Waals surface area contributed by atoms with Crippen LogP contribution in [0.4, 0.5) is 0 Å². The third-order valence-electron chi connectivity index (χ3n) is 3.59. The van der Waals surface area contributed by atoms with Gasteiger partial charge in [0, 0.05) is 0 Å². The van der Waals surface area contributed by atoms with E-state index in [0.29, 0.717) is 12.3 Å². The zero-order chi connectivity index (χ0) is 12.5. The van der Waals surface area contributed by atoms with Gasteiger partial charge in [0.25, 0.3) is 0 Å². The molecular formula is C14H19NO2. The summed E-state index contributed by atoms with van der Waals surface area (Å²) in [7, 11) is 0. The largest absolute Gasteiger partial charge is 0.480 e. The number of rotatable bonds is 3. The number of carboxylic acids is 1. The second-order valence-electron chi connectivity index (χ2n) is 5.02. The van der Waals surface area contributed by atoms with E-state index in [9.17, 15) is 9.90 Å². The smallest absolute Gasteiger partial charge is 0.328 e. The topological polar surface area (TPSA) is 49.3 Å². The van der Waals surface area contributed by atoms with E-state index in [-0.39, 0.29) is 0 Å². The first-order chi connectivity index (χ1) is 8.06. The van der Waals surface area contributed by atoms with Gasteiger partial charge in [-0.05, 0) is 36.4 Å². The van der Waals surface area contributed by atoms with Crippen LogP contribution in [0.2, 0.25) is 0 Å². The molecule has 1 aliphatic heterocycles. The maximum absolute atomic E-state index is 11.5. The lowest BCUT2D eigenvalue weighted by atomic mass is 9.87. The molecule has 2 N–H and O–H groups in total. The van der Waals surface area contributed by atoms with Gasteiger partial charge in [0.1, 0.15) is 5.54 Å². The van der Waals surface area contributed by atoms with Gasteiger partial charge in [-0.15, -0.1) is 0 Å². The van der Waals surface area contributed by atoms with Gasteiger partial charge in [0.05, 0.1) is 0 Å². The van der Waals surface area contributed by atoms with Crippen LogP contribution in [0, 0.1) is 0 Å². The number of carbonyl (C=O) groups is 1. The van der Waals surface area contributed by atoms with E-state index >= 15 is 0 Å². The molecule has 17 heavy (non-hydrogen) atoms. The van der Waals surface area contributed by atoms with Gasteiger partial charge >= 0.3 is 5.97 Å². The monoisotopic (exact) mass is 233 g/mol. The van der Waals surface area contributed by atoms with E-state index in [4.69, 9.17) is 0 Å². The summed E-state index contributed by atoms with van der Waals surface area (Å²) < 4.78 is 0. The number of hydrogen-bond acceptors (Lipinski definition) is 2. The van der Waals surface area contributed by atoms with Crippen LogP contribution in [0.1, 0.15) is 43.7 Å². The molecule has 0 aromatic heterocycles. The van der Waals surface area contributed by atoms with Crippen molar-refractivity contribution >= 4 is 5.97 Å². The lowest BCUT2D eigenvalue weighted by Crippen LogP contribution is -2.44. The second-order valence-corrected chi connectivity index (χ2v) is 5.02. The molecule has 1 aromatic carbocycles. The third kappa shape index (κ3) is 2.07. The van der Waals surface area contributed by atoms with E-state index in [1.807, 2.05) is 24.3 Å². The van der Waals surface area contributed by atoms with E-state index in [2.05, 4.69) is 19.2 Å². The normalized spacial score (nSPS) is 24.2. The molecule has 1 aromatic rings. The molecule has 3 nitrogen and oxygen atoms in total. The molecule has 0 amide bonds. The minimum Gasteiger partial charge on any atom is -0.480 e. The summed E-state index contributed by atoms with van der Waals surface area (Å²) in [6.07, 6.45) is 1.58. The average molecular weight is 233 g/mol. The Morgan fingerprint density at radius 2 is 2.00 bits per heavy atom. The second kappa shape index (κ2) is 4.49. The summed E-state index contributed by atoms with van der Waals surface area (Å²) in [6.45, 7) is 5.05. The molecule has 1 aliphatic rings. The van der Waals surface area contributed by atoms with Gasteiger partial charge < -0.3 is 5.11 Å². The first-order valence-electron chi connectivity index (χ1n) is 6.15. The van der Waals surface area contributed by atoms with Crippen LogP contribution in [0.5, 0.6) is 0 Å². The highest BCUT2D eigenvalue weighted by atomic mass is 16.4. The zero-order valence-corrected chi connectivity index (χ0v) is 10.4. The van der Waals surface area contributed by atoms with Crippen LogP contribution in [-0.4, -0.2) is 17.6 Å². The Labute approximate surface area is 102 Å². The first-order valence-corrected chi connectivity index (χ1v) is 6.15. The Morgan fingerprint density at radius 1 is 1.35 bits per heavy atom. The number of nitrogens with one attached hydrogen (secondary N) is 1. The molecule has 0 saturated carbocycles. The van der Waals surface area contributed by atoms with Crippen molar-refractivity contribution in [1.29, 1.82) is 0 Å². The lowest BCUT2D eigenvalue weighted by molar-refractivity contribution is -0.144. The summed E-state index contributed by atoms with van der Waals surface area (Å²) in [5.41, 5.74) is 1.24. The van der Waals surface area contributed by atoms with Crippen LogP contribution in [0.3, 0.4) is 0 Å². The molecule has 1 atom stereocenters. The molecule has 1 unspecified atom stereocenters. The lowest BCUT2D eigenvalue weighted by Gasteiger charge is -2.25. The molecule has 0 bridgehead atoms. The summed E-state index contributed by atoms with van der Waals surface area (Å²) in [4.78, 5) is 11.5. The molecule has 1 fully saturated rings. The first kappa shape index (κ1) is 12.1. The van der Waals surface area contributed by atoms with E-state index in [0.717, 1.165) is 18.5 Å². The van der Waals surface area contributed by atoms with Crippen LogP contribution in [0.25, 0.3) is 0 Å². The maximum Gasteiger partial charge on any atom is 0.328 e. The Bertz CT molecular complexity index is 403. The minimum absolute atomic E-state index is 0.473. The molecule has 0 radical (unpaired) electrons. The Balaban J connectivity index is 2.35. The van der Waals surface area contributed by atoms with Crippen LogP contribution in [0.15, 0.2) is 24.3 Å². The van der Waals surface area contributed by atoms with Crippen molar-refractivity contribution in [2.45, 2.75) is 38.1 Å². The maximum atomic E-state index is 11.5. The third-order valence-corrected chi connectivity index (χ3v) is 3.59. The fraction of sp³-hybridized carbons (Fsp3) is 0.500. The van der Waals surface area contributed by atoms with Gasteiger partial charge in [-0.1, -0.05) is 38.1 Å². The van der Waals surface area contributed by atoms with Gasteiger partial charge in [-0.2, -0.15) is 0 Å². The fourth-order valence-corrected chi connectivity index (χ4v) is 2.45. The fourth-order valence-electron chi connectivity index (χ4n) is 2.45. The highest BCUT2D eigenvalue weighted by molar-refractivity contribution is 5.81. The average Bonchev–Trinajstić information content (AvgIpc) is 2.79. The summed E-state index contributed by atoms with van der Waals surface area (Å²) >= 11 is 0. The van der Waals surface area contributed by atoms with Crippen LogP contribution in [-0.2, 0) is 10.3 Å². The number of aliphatic carboxylic acids is 1. The number of carboxylic acid groups (broad SMARTS) is 1. The Morgan fingerprint density at radius 3 is 2.41 bits per heavy atom. The molecule has 3 heteroatoms. The number of hydrogen-bond donors (Lipinski definition) is 2. The zero-order valence-electron chi connectivity index (χ0n) is 10.4. The van der Waals surface area contributed by atoms with E-state index in [1.165, 1.54) is 5.56 Å². The van der Waals surface area contributed by atoms with Crippen LogP contribution < -0.4 is 5.32 Å². The highest BCUT2D eigenvalue weighted by Crippen LogP contribution is 2.32. The quantitative estimate of drug-likeness (QED) is 0.843. The van der Waals surface area contributed by atoms with Crippen molar-refractivity contribution in [3.63, 3.8) is 0 Å². The molecule has 92 valence electrons. The van der Waals surface area contributed by atoms with Crippen molar-refractivity contribution < 1.29 is 9.90 Å². The standard InChI is InChI=1S/C14H19NO2/c1-10(2)11-4-6-12(7-5-11)14(13(16)17)8-3-9-15-14/h4-7,10,15H,3,8-9H2,1-2H3,(H,16,17). The SMILES string of the molecule is CC(C)c1ccc(C2(C(=O)O)CCCN2)cc1. The molecule has 0 aliphatic carbocycles. The predicted molar refractivity (Wildman–Crippen MR) is 67.1 cm³/mol. The van der Waals surface area contributed by atoms with Gasteiger partial charge in [-0.3, -0.25) is 5.32 Å². The molecule has 1 saturated heterocycles. The van der Waals surface area contributed by atoms with Crippen molar-refractivity contribution in [2.75, 3.05) is 6.54 Å². The minimum atomic E-state index is -0.866. The molecule has 2 rings (SSSR count). The Hall–Kier alpha value is -1.35. The van der Waals surface area contributed by atoms with Gasteiger partial charge in [-0.25, -0.2) is 4.79 Å². The molecular weight excluding hydrogens is 214 g/mol. The van der Waals surface area contributed by atoms with Gasteiger partial charge in [0.2, 0.25) is 0 Å².